The smallest absolute Gasteiger partial charge is 0.157 e. The zero-order chi connectivity index (χ0) is 11.4. The summed E-state index contributed by atoms with van der Waals surface area (Å²) >= 11 is 0. The number of benzene rings is 1. The molecule has 0 atom stereocenters. The van der Waals surface area contributed by atoms with Crippen LogP contribution in [-0.4, -0.2) is 33.0 Å². The number of anilines is 1. The van der Waals surface area contributed by atoms with Gasteiger partial charge in [-0.1, -0.05) is 0 Å². The second-order valence-electron chi connectivity index (χ2n) is 3.43. The van der Waals surface area contributed by atoms with Crippen molar-refractivity contribution in [2.45, 2.75) is 0 Å². The third kappa shape index (κ3) is 2.20. The Labute approximate surface area is 93.8 Å². The molecule has 0 radical (unpaired) electrons. The molecule has 0 unspecified atom stereocenters. The molecule has 84 valence electrons. The molecule has 5 heteroatoms. The van der Waals surface area contributed by atoms with Gasteiger partial charge in [-0.3, -0.25) is 0 Å². The molecule has 0 aliphatic carbocycles. The van der Waals surface area contributed by atoms with Gasteiger partial charge >= 0.3 is 0 Å². The summed E-state index contributed by atoms with van der Waals surface area (Å²) < 4.78 is 1.73. The Balaban J connectivity index is 2.16. The van der Waals surface area contributed by atoms with Crippen molar-refractivity contribution in [2.75, 3.05) is 18.5 Å². The van der Waals surface area contributed by atoms with E-state index in [9.17, 15) is 0 Å². The molecule has 0 spiro atoms. The lowest BCUT2D eigenvalue weighted by molar-refractivity contribution is 0.311. The topological polar surface area (TPSA) is 63.0 Å². The van der Waals surface area contributed by atoms with Crippen molar-refractivity contribution >= 4 is 5.69 Å². The zero-order valence-corrected chi connectivity index (χ0v) is 9.09. The molecule has 0 aliphatic rings. The van der Waals surface area contributed by atoms with Crippen molar-refractivity contribution in [1.82, 2.24) is 14.8 Å². The Kier molecular flexibility index (Phi) is 3.16. The fraction of sp³-hybridized carbons (Fsp3) is 0.273. The normalized spacial score (nSPS) is 10.4. The molecule has 1 heterocycles. The van der Waals surface area contributed by atoms with E-state index >= 15 is 0 Å². The van der Waals surface area contributed by atoms with E-state index in [1.807, 2.05) is 31.3 Å². The maximum atomic E-state index is 8.68. The van der Waals surface area contributed by atoms with E-state index in [4.69, 9.17) is 5.11 Å². The number of aromatic nitrogens is 3. The molecule has 0 fully saturated rings. The summed E-state index contributed by atoms with van der Waals surface area (Å²) in [5, 5.41) is 15.8. The highest BCUT2D eigenvalue weighted by molar-refractivity contribution is 5.59. The predicted molar refractivity (Wildman–Crippen MR) is 62.0 cm³/mol. The molecular formula is C11H14N4O. The van der Waals surface area contributed by atoms with Gasteiger partial charge in [0, 0.05) is 24.8 Å². The first-order valence-electron chi connectivity index (χ1n) is 5.10. The van der Waals surface area contributed by atoms with Crippen molar-refractivity contribution < 1.29 is 5.11 Å². The lowest BCUT2D eigenvalue weighted by Crippen LogP contribution is -2.05. The van der Waals surface area contributed by atoms with Crippen LogP contribution < -0.4 is 5.32 Å². The van der Waals surface area contributed by atoms with Gasteiger partial charge in [0.15, 0.2) is 5.82 Å². The van der Waals surface area contributed by atoms with Gasteiger partial charge < -0.3 is 10.4 Å². The summed E-state index contributed by atoms with van der Waals surface area (Å²) in [5.74, 6) is 0.841. The van der Waals surface area contributed by atoms with Gasteiger partial charge in [0.2, 0.25) is 0 Å². The van der Waals surface area contributed by atoms with E-state index in [0.717, 1.165) is 17.1 Å². The highest BCUT2D eigenvalue weighted by atomic mass is 16.3. The van der Waals surface area contributed by atoms with Crippen molar-refractivity contribution in [3.8, 4) is 11.4 Å². The maximum Gasteiger partial charge on any atom is 0.157 e. The van der Waals surface area contributed by atoms with Crippen molar-refractivity contribution in [3.05, 3.63) is 30.6 Å². The molecule has 0 aliphatic heterocycles. The summed E-state index contributed by atoms with van der Waals surface area (Å²) in [4.78, 5) is 4.17. The van der Waals surface area contributed by atoms with E-state index in [1.165, 1.54) is 6.33 Å². The maximum absolute atomic E-state index is 8.68. The third-order valence-corrected chi connectivity index (χ3v) is 2.30. The van der Waals surface area contributed by atoms with Gasteiger partial charge in [0.05, 0.1) is 6.61 Å². The number of hydrogen-bond donors (Lipinski definition) is 2. The molecular weight excluding hydrogens is 204 g/mol. The molecule has 2 aromatic rings. The minimum atomic E-state index is 0.130. The van der Waals surface area contributed by atoms with E-state index in [2.05, 4.69) is 15.4 Å². The summed E-state index contributed by atoms with van der Waals surface area (Å²) in [6, 6.07) is 7.87. The summed E-state index contributed by atoms with van der Waals surface area (Å²) in [7, 11) is 1.86. The van der Waals surface area contributed by atoms with E-state index in [1.54, 1.807) is 4.68 Å². The minimum Gasteiger partial charge on any atom is -0.395 e. The van der Waals surface area contributed by atoms with Crippen LogP contribution in [0.4, 0.5) is 5.69 Å². The molecule has 2 N–H and O–H groups in total. The second kappa shape index (κ2) is 4.76. The van der Waals surface area contributed by atoms with Gasteiger partial charge in [0.1, 0.15) is 6.33 Å². The fourth-order valence-electron chi connectivity index (χ4n) is 1.49. The van der Waals surface area contributed by atoms with Crippen LogP contribution in [0.25, 0.3) is 11.4 Å². The van der Waals surface area contributed by atoms with Crippen LogP contribution in [-0.2, 0) is 7.05 Å². The zero-order valence-electron chi connectivity index (χ0n) is 9.09. The number of nitrogens with zero attached hydrogens (tertiary/aromatic N) is 3. The van der Waals surface area contributed by atoms with Gasteiger partial charge in [-0.15, -0.1) is 0 Å². The van der Waals surface area contributed by atoms with E-state index in [0.29, 0.717) is 6.54 Å². The highest BCUT2D eigenvalue weighted by Crippen LogP contribution is 2.18. The standard InChI is InChI=1S/C11H14N4O/c1-15-11(13-8-14-15)9-2-4-10(5-3-9)12-6-7-16/h2-5,8,12,16H,6-7H2,1H3. The van der Waals surface area contributed by atoms with Gasteiger partial charge in [-0.05, 0) is 24.3 Å². The largest absolute Gasteiger partial charge is 0.395 e. The van der Waals surface area contributed by atoms with Gasteiger partial charge in [0.25, 0.3) is 0 Å². The van der Waals surface area contributed by atoms with Crippen molar-refractivity contribution in [1.29, 1.82) is 0 Å². The Morgan fingerprint density at radius 1 is 1.31 bits per heavy atom. The molecule has 1 aromatic heterocycles. The molecule has 5 nitrogen and oxygen atoms in total. The SMILES string of the molecule is Cn1ncnc1-c1ccc(NCCO)cc1. The highest BCUT2D eigenvalue weighted by Gasteiger charge is 2.03. The van der Waals surface area contributed by atoms with Crippen LogP contribution >= 0.6 is 0 Å². The molecule has 0 saturated carbocycles. The predicted octanol–water partition coefficient (Wildman–Crippen LogP) is 0.886. The Hall–Kier alpha value is -1.88. The summed E-state index contributed by atoms with van der Waals surface area (Å²) in [6.45, 7) is 0.689. The van der Waals surface area contributed by atoms with Crippen LogP contribution in [0, 0.1) is 0 Å². The summed E-state index contributed by atoms with van der Waals surface area (Å²) in [5.41, 5.74) is 2.01. The number of nitrogens with one attached hydrogen (secondary N) is 1. The third-order valence-electron chi connectivity index (χ3n) is 2.30. The molecule has 2 rings (SSSR count). The second-order valence-corrected chi connectivity index (χ2v) is 3.43. The number of aliphatic hydroxyl groups excluding tert-OH is 1. The van der Waals surface area contributed by atoms with E-state index < -0.39 is 0 Å². The average Bonchev–Trinajstić information content (AvgIpc) is 2.74. The van der Waals surface area contributed by atoms with Crippen LogP contribution in [0.5, 0.6) is 0 Å². The molecule has 1 aromatic carbocycles. The van der Waals surface area contributed by atoms with E-state index in [-0.39, 0.29) is 6.61 Å². The molecule has 16 heavy (non-hydrogen) atoms. The minimum absolute atomic E-state index is 0.130. The van der Waals surface area contributed by atoms with Crippen LogP contribution in [0.2, 0.25) is 0 Å². The number of aliphatic hydroxyl groups is 1. The number of rotatable bonds is 4. The lowest BCUT2D eigenvalue weighted by atomic mass is 10.2. The van der Waals surface area contributed by atoms with Crippen LogP contribution in [0.15, 0.2) is 30.6 Å². The lowest BCUT2D eigenvalue weighted by Gasteiger charge is -2.05. The molecule has 0 saturated heterocycles. The van der Waals surface area contributed by atoms with Gasteiger partial charge in [-0.25, -0.2) is 9.67 Å². The Bertz CT molecular complexity index is 449. The molecule has 0 bridgehead atoms. The number of aryl methyl sites for hydroxylation is 1. The first-order chi connectivity index (χ1) is 7.81. The first-order valence-corrected chi connectivity index (χ1v) is 5.10. The summed E-state index contributed by atoms with van der Waals surface area (Å²) in [6.07, 6.45) is 1.53. The number of hydrogen-bond acceptors (Lipinski definition) is 4. The van der Waals surface area contributed by atoms with Crippen LogP contribution in [0.3, 0.4) is 0 Å². The Morgan fingerprint density at radius 3 is 2.62 bits per heavy atom. The molecule has 0 amide bonds. The monoisotopic (exact) mass is 218 g/mol. The first kappa shape index (κ1) is 10.6. The van der Waals surface area contributed by atoms with Crippen LogP contribution in [0.1, 0.15) is 0 Å². The quantitative estimate of drug-likeness (QED) is 0.800. The fourth-order valence-corrected chi connectivity index (χ4v) is 1.49. The Morgan fingerprint density at radius 2 is 2.06 bits per heavy atom. The van der Waals surface area contributed by atoms with Gasteiger partial charge in [-0.2, -0.15) is 5.10 Å². The van der Waals surface area contributed by atoms with Crippen molar-refractivity contribution in [2.24, 2.45) is 7.05 Å². The van der Waals surface area contributed by atoms with Crippen molar-refractivity contribution in [3.63, 3.8) is 0 Å². The average molecular weight is 218 g/mol.